The molecule has 110 valence electrons. The molecule has 0 atom stereocenters. The van der Waals surface area contributed by atoms with Crippen LogP contribution in [0.25, 0.3) is 0 Å². The summed E-state index contributed by atoms with van der Waals surface area (Å²) in [7, 11) is 0. The highest BCUT2D eigenvalue weighted by atomic mass is 16.2. The van der Waals surface area contributed by atoms with E-state index in [9.17, 15) is 9.59 Å². The van der Waals surface area contributed by atoms with Gasteiger partial charge in [0.15, 0.2) is 0 Å². The number of carbonyl (C=O) groups is 2. The highest BCUT2D eigenvalue weighted by Crippen LogP contribution is 2.01. The quantitative estimate of drug-likeness (QED) is 0.672. The molecular formula is C13H21N5O2. The van der Waals surface area contributed by atoms with Gasteiger partial charge in [-0.3, -0.25) is 14.6 Å². The molecule has 0 bridgehead atoms. The van der Waals surface area contributed by atoms with Crippen LogP contribution in [-0.4, -0.2) is 41.4 Å². The summed E-state index contributed by atoms with van der Waals surface area (Å²) in [4.78, 5) is 31.3. The number of rotatable bonds is 7. The van der Waals surface area contributed by atoms with E-state index in [-0.39, 0.29) is 18.1 Å². The largest absolute Gasteiger partial charge is 0.369 e. The van der Waals surface area contributed by atoms with Crippen molar-refractivity contribution in [3.8, 4) is 0 Å². The van der Waals surface area contributed by atoms with E-state index in [1.807, 2.05) is 20.8 Å². The molecule has 1 rings (SSSR count). The third-order valence-corrected chi connectivity index (χ3v) is 2.34. The molecule has 1 aromatic heterocycles. The standard InChI is InChI=1S/C13H21N5O2/c1-4-15-11-7-14-6-10(18-11)13(20)17-8-12(19)16-5-9(2)3/h6-7,9H,4-5,8H2,1-3H3,(H,15,18)(H,16,19)(H,17,20). The lowest BCUT2D eigenvalue weighted by molar-refractivity contribution is -0.120. The molecule has 0 fully saturated rings. The molecule has 0 saturated carbocycles. The highest BCUT2D eigenvalue weighted by Gasteiger charge is 2.10. The number of carbonyl (C=O) groups excluding carboxylic acids is 2. The van der Waals surface area contributed by atoms with Crippen LogP contribution in [0.5, 0.6) is 0 Å². The molecule has 0 aliphatic heterocycles. The topological polar surface area (TPSA) is 96.0 Å². The van der Waals surface area contributed by atoms with Gasteiger partial charge in [0.1, 0.15) is 11.5 Å². The predicted molar refractivity (Wildman–Crippen MR) is 76.4 cm³/mol. The minimum Gasteiger partial charge on any atom is -0.369 e. The zero-order valence-corrected chi connectivity index (χ0v) is 12.1. The Hall–Kier alpha value is -2.18. The van der Waals surface area contributed by atoms with Crippen LogP contribution in [0, 0.1) is 5.92 Å². The van der Waals surface area contributed by atoms with Crippen LogP contribution in [0.3, 0.4) is 0 Å². The minimum absolute atomic E-state index is 0.0708. The van der Waals surface area contributed by atoms with E-state index in [2.05, 4.69) is 25.9 Å². The number of aromatic nitrogens is 2. The molecule has 0 unspecified atom stereocenters. The fourth-order valence-electron chi connectivity index (χ4n) is 1.37. The first-order valence-corrected chi connectivity index (χ1v) is 6.63. The van der Waals surface area contributed by atoms with Crippen LogP contribution < -0.4 is 16.0 Å². The van der Waals surface area contributed by atoms with Crippen molar-refractivity contribution in [2.45, 2.75) is 20.8 Å². The molecule has 7 nitrogen and oxygen atoms in total. The lowest BCUT2D eigenvalue weighted by atomic mass is 10.2. The summed E-state index contributed by atoms with van der Waals surface area (Å²) >= 11 is 0. The summed E-state index contributed by atoms with van der Waals surface area (Å²) in [6.45, 7) is 7.13. The predicted octanol–water partition coefficient (Wildman–Crippen LogP) is 0.410. The molecule has 0 spiro atoms. The van der Waals surface area contributed by atoms with Gasteiger partial charge in [-0.05, 0) is 12.8 Å². The van der Waals surface area contributed by atoms with E-state index in [4.69, 9.17) is 0 Å². The fraction of sp³-hybridized carbons (Fsp3) is 0.538. The van der Waals surface area contributed by atoms with Gasteiger partial charge < -0.3 is 16.0 Å². The number of nitrogens with zero attached hydrogens (tertiary/aromatic N) is 2. The van der Waals surface area contributed by atoms with Gasteiger partial charge in [-0.25, -0.2) is 4.98 Å². The number of amides is 2. The average molecular weight is 279 g/mol. The van der Waals surface area contributed by atoms with Crippen LogP contribution in [-0.2, 0) is 4.79 Å². The molecule has 20 heavy (non-hydrogen) atoms. The fourth-order valence-corrected chi connectivity index (χ4v) is 1.37. The molecule has 0 aromatic carbocycles. The van der Waals surface area contributed by atoms with E-state index in [0.29, 0.717) is 24.8 Å². The summed E-state index contributed by atoms with van der Waals surface area (Å²) in [5.41, 5.74) is 0.181. The van der Waals surface area contributed by atoms with Crippen molar-refractivity contribution in [2.75, 3.05) is 25.0 Å². The Kier molecular flexibility index (Phi) is 6.42. The van der Waals surface area contributed by atoms with Crippen molar-refractivity contribution in [2.24, 2.45) is 5.92 Å². The zero-order chi connectivity index (χ0) is 15.0. The maximum Gasteiger partial charge on any atom is 0.272 e. The molecular weight excluding hydrogens is 258 g/mol. The highest BCUT2D eigenvalue weighted by molar-refractivity contribution is 5.94. The summed E-state index contributed by atoms with van der Waals surface area (Å²) in [6.07, 6.45) is 2.90. The summed E-state index contributed by atoms with van der Waals surface area (Å²) in [6, 6.07) is 0. The van der Waals surface area contributed by atoms with E-state index in [1.54, 1.807) is 0 Å². The van der Waals surface area contributed by atoms with Crippen molar-refractivity contribution >= 4 is 17.6 Å². The van der Waals surface area contributed by atoms with Gasteiger partial charge >= 0.3 is 0 Å². The molecule has 0 aliphatic carbocycles. The molecule has 1 aromatic rings. The SMILES string of the molecule is CCNc1cncc(C(=O)NCC(=O)NCC(C)C)n1. The van der Waals surface area contributed by atoms with Crippen LogP contribution in [0.15, 0.2) is 12.4 Å². The normalized spacial score (nSPS) is 10.2. The van der Waals surface area contributed by atoms with Crippen molar-refractivity contribution in [1.29, 1.82) is 0 Å². The molecule has 0 aliphatic rings. The maximum atomic E-state index is 11.8. The van der Waals surface area contributed by atoms with Gasteiger partial charge in [0, 0.05) is 13.1 Å². The number of anilines is 1. The van der Waals surface area contributed by atoms with Crippen molar-refractivity contribution in [1.82, 2.24) is 20.6 Å². The third kappa shape index (κ3) is 5.64. The second-order valence-corrected chi connectivity index (χ2v) is 4.70. The van der Waals surface area contributed by atoms with Gasteiger partial charge in [0.05, 0.1) is 18.9 Å². The molecule has 0 saturated heterocycles. The van der Waals surface area contributed by atoms with E-state index in [1.165, 1.54) is 12.4 Å². The Morgan fingerprint density at radius 3 is 2.65 bits per heavy atom. The second-order valence-electron chi connectivity index (χ2n) is 4.70. The Morgan fingerprint density at radius 1 is 1.25 bits per heavy atom. The second kappa shape index (κ2) is 8.08. The Labute approximate surface area is 118 Å². The number of hydrogen-bond acceptors (Lipinski definition) is 5. The third-order valence-electron chi connectivity index (χ3n) is 2.34. The monoisotopic (exact) mass is 279 g/mol. The maximum absolute atomic E-state index is 11.8. The Bertz CT molecular complexity index is 462. The van der Waals surface area contributed by atoms with Crippen LogP contribution in [0.2, 0.25) is 0 Å². The van der Waals surface area contributed by atoms with Gasteiger partial charge in [0.2, 0.25) is 5.91 Å². The zero-order valence-electron chi connectivity index (χ0n) is 12.1. The van der Waals surface area contributed by atoms with E-state index >= 15 is 0 Å². The van der Waals surface area contributed by atoms with E-state index < -0.39 is 5.91 Å². The van der Waals surface area contributed by atoms with Crippen molar-refractivity contribution in [3.05, 3.63) is 18.1 Å². The van der Waals surface area contributed by atoms with Crippen molar-refractivity contribution < 1.29 is 9.59 Å². The summed E-state index contributed by atoms with van der Waals surface area (Å²) in [5, 5.41) is 8.20. The lowest BCUT2D eigenvalue weighted by Crippen LogP contribution is -2.38. The first kappa shape index (κ1) is 15.9. The average Bonchev–Trinajstić information content (AvgIpc) is 2.43. The van der Waals surface area contributed by atoms with Gasteiger partial charge in [-0.1, -0.05) is 13.8 Å². The van der Waals surface area contributed by atoms with Gasteiger partial charge in [0.25, 0.3) is 5.91 Å². The Balaban J connectivity index is 2.46. The first-order chi connectivity index (χ1) is 9.52. The minimum atomic E-state index is -0.419. The molecule has 0 radical (unpaired) electrons. The van der Waals surface area contributed by atoms with Crippen LogP contribution >= 0.6 is 0 Å². The van der Waals surface area contributed by atoms with E-state index in [0.717, 1.165) is 0 Å². The molecule has 1 heterocycles. The van der Waals surface area contributed by atoms with Crippen molar-refractivity contribution in [3.63, 3.8) is 0 Å². The van der Waals surface area contributed by atoms with Crippen LogP contribution in [0.1, 0.15) is 31.3 Å². The molecule has 7 heteroatoms. The Morgan fingerprint density at radius 2 is 2.00 bits per heavy atom. The number of nitrogens with one attached hydrogen (secondary N) is 3. The van der Waals surface area contributed by atoms with Gasteiger partial charge in [-0.2, -0.15) is 0 Å². The molecule has 3 N–H and O–H groups in total. The van der Waals surface area contributed by atoms with Crippen LogP contribution in [0.4, 0.5) is 5.82 Å². The first-order valence-electron chi connectivity index (χ1n) is 6.63. The lowest BCUT2D eigenvalue weighted by Gasteiger charge is -2.09. The van der Waals surface area contributed by atoms with Gasteiger partial charge in [-0.15, -0.1) is 0 Å². The molecule has 2 amide bonds. The number of hydrogen-bond donors (Lipinski definition) is 3. The summed E-state index contributed by atoms with van der Waals surface area (Å²) in [5.74, 6) is 0.265. The smallest absolute Gasteiger partial charge is 0.272 e. The summed E-state index contributed by atoms with van der Waals surface area (Å²) < 4.78 is 0.